The molecule has 0 fully saturated rings. The average molecular weight is 152 g/mol. The minimum absolute atomic E-state index is 0.260. The second-order valence-electron chi connectivity index (χ2n) is 1.87. The van der Waals surface area contributed by atoms with E-state index >= 15 is 0 Å². The lowest BCUT2D eigenvalue weighted by molar-refractivity contribution is -0.110. The first-order chi connectivity index (χ1) is 4.79. The third-order valence-corrected chi connectivity index (χ3v) is 1.20. The van der Waals surface area contributed by atoms with Crippen molar-refractivity contribution in [1.29, 1.82) is 0 Å². The van der Waals surface area contributed by atoms with Gasteiger partial charge in [0.25, 0.3) is 0 Å². The number of hydrogen-bond acceptors (Lipinski definition) is 2. The van der Waals surface area contributed by atoms with Crippen LogP contribution in [0.2, 0.25) is 0 Å². The highest BCUT2D eigenvalue weighted by Gasteiger charge is 1.97. The molecule has 0 aliphatic rings. The molecule has 0 aromatic carbocycles. The molecule has 1 aromatic rings. The van der Waals surface area contributed by atoms with Crippen molar-refractivity contribution in [2.45, 2.75) is 6.42 Å². The summed E-state index contributed by atoms with van der Waals surface area (Å²) in [5.74, 6) is 0. The topological polar surface area (TPSA) is 30.0 Å². The van der Waals surface area contributed by atoms with Gasteiger partial charge in [-0.1, -0.05) is 6.07 Å². The molecular formula is C7H6NOS. The van der Waals surface area contributed by atoms with Gasteiger partial charge in [-0.15, -0.1) is 0 Å². The monoisotopic (exact) mass is 152 g/mol. The van der Waals surface area contributed by atoms with Crippen LogP contribution in [0.5, 0.6) is 0 Å². The molecule has 0 bridgehead atoms. The zero-order chi connectivity index (χ0) is 7.40. The van der Waals surface area contributed by atoms with Crippen molar-refractivity contribution in [1.82, 2.24) is 4.98 Å². The van der Waals surface area contributed by atoms with Gasteiger partial charge in [0.1, 0.15) is 0 Å². The minimum Gasteiger partial charge on any atom is -0.282 e. The van der Waals surface area contributed by atoms with Crippen LogP contribution in [0.15, 0.2) is 24.4 Å². The number of aromatic nitrogens is 1. The molecule has 2 nitrogen and oxygen atoms in total. The summed E-state index contributed by atoms with van der Waals surface area (Å²) in [6, 6.07) is 5.42. The van der Waals surface area contributed by atoms with E-state index < -0.39 is 0 Å². The fourth-order valence-corrected chi connectivity index (χ4v) is 0.798. The van der Waals surface area contributed by atoms with Crippen molar-refractivity contribution in [2.75, 3.05) is 0 Å². The third-order valence-electron chi connectivity index (χ3n) is 1.05. The zero-order valence-electron chi connectivity index (χ0n) is 5.28. The first kappa shape index (κ1) is 7.15. The smallest absolute Gasteiger partial charge is 0.224 e. The maximum absolute atomic E-state index is 10.4. The van der Waals surface area contributed by atoms with Gasteiger partial charge >= 0.3 is 0 Å². The first-order valence-electron chi connectivity index (χ1n) is 2.89. The van der Waals surface area contributed by atoms with Crippen LogP contribution >= 0.6 is 12.6 Å². The molecule has 51 valence electrons. The van der Waals surface area contributed by atoms with Crippen LogP contribution in [0.25, 0.3) is 0 Å². The van der Waals surface area contributed by atoms with Crippen molar-refractivity contribution in [3.8, 4) is 0 Å². The summed E-state index contributed by atoms with van der Waals surface area (Å²) in [5, 5.41) is -0.265. The standard InChI is InChI=1S/C7H6NOS/c9-7(10)5-6-3-1-2-4-8-6/h1-4H,5H2. The van der Waals surface area contributed by atoms with Crippen LogP contribution in [0.1, 0.15) is 5.69 Å². The SMILES string of the molecule is O=C([S])Cc1ccccn1. The van der Waals surface area contributed by atoms with E-state index in [0.717, 1.165) is 5.69 Å². The number of rotatable bonds is 2. The maximum Gasteiger partial charge on any atom is 0.224 e. The number of hydrogen-bond donors (Lipinski definition) is 0. The highest BCUT2D eigenvalue weighted by atomic mass is 32.1. The Balaban J connectivity index is 2.67. The van der Waals surface area contributed by atoms with E-state index in [1.807, 2.05) is 6.07 Å². The van der Waals surface area contributed by atoms with Gasteiger partial charge in [-0.05, 0) is 24.8 Å². The normalized spacial score (nSPS) is 9.20. The lowest BCUT2D eigenvalue weighted by Gasteiger charge is -1.91. The van der Waals surface area contributed by atoms with E-state index in [4.69, 9.17) is 0 Å². The van der Waals surface area contributed by atoms with Crippen molar-refractivity contribution in [3.05, 3.63) is 30.1 Å². The summed E-state index contributed by atoms with van der Waals surface area (Å²) in [6.45, 7) is 0. The van der Waals surface area contributed by atoms with Crippen molar-refractivity contribution < 1.29 is 4.79 Å². The fraction of sp³-hybridized carbons (Fsp3) is 0.143. The Hall–Kier alpha value is -0.960. The Bertz CT molecular complexity index is 222. The van der Waals surface area contributed by atoms with E-state index in [9.17, 15) is 4.79 Å². The van der Waals surface area contributed by atoms with Gasteiger partial charge in [-0.25, -0.2) is 0 Å². The zero-order valence-corrected chi connectivity index (χ0v) is 6.10. The van der Waals surface area contributed by atoms with Crippen molar-refractivity contribution in [2.24, 2.45) is 0 Å². The summed E-state index contributed by atoms with van der Waals surface area (Å²) in [5.41, 5.74) is 0.738. The van der Waals surface area contributed by atoms with Gasteiger partial charge in [0, 0.05) is 11.9 Å². The average Bonchev–Trinajstić information content (AvgIpc) is 1.88. The molecule has 0 spiro atoms. The highest BCUT2D eigenvalue weighted by molar-refractivity contribution is 7.96. The molecule has 1 radical (unpaired) electrons. The van der Waals surface area contributed by atoms with Crippen LogP contribution in [0.3, 0.4) is 0 Å². The maximum atomic E-state index is 10.4. The lowest BCUT2D eigenvalue weighted by Crippen LogP contribution is -1.95. The number of carbonyl (C=O) groups excluding carboxylic acids is 1. The summed E-state index contributed by atoms with van der Waals surface area (Å²) in [6.07, 6.45) is 1.91. The van der Waals surface area contributed by atoms with Gasteiger partial charge in [0.15, 0.2) is 0 Å². The predicted molar refractivity (Wildman–Crippen MR) is 40.5 cm³/mol. The molecule has 1 aromatic heterocycles. The Labute approximate surface area is 64.7 Å². The molecule has 0 N–H and O–H groups in total. The number of carbonyl (C=O) groups is 1. The van der Waals surface area contributed by atoms with Crippen LogP contribution in [-0.4, -0.2) is 10.1 Å². The third kappa shape index (κ3) is 2.11. The first-order valence-corrected chi connectivity index (χ1v) is 3.29. The van der Waals surface area contributed by atoms with Gasteiger partial charge < -0.3 is 0 Å². The van der Waals surface area contributed by atoms with Crippen LogP contribution in [0.4, 0.5) is 0 Å². The molecule has 1 heterocycles. The molecule has 0 saturated heterocycles. The van der Waals surface area contributed by atoms with Crippen LogP contribution < -0.4 is 0 Å². The van der Waals surface area contributed by atoms with Gasteiger partial charge in [-0.3, -0.25) is 9.78 Å². The number of nitrogens with zero attached hydrogens (tertiary/aromatic N) is 1. The van der Waals surface area contributed by atoms with E-state index in [-0.39, 0.29) is 11.5 Å². The van der Waals surface area contributed by atoms with Crippen molar-refractivity contribution in [3.63, 3.8) is 0 Å². The minimum atomic E-state index is -0.265. The summed E-state index contributed by atoms with van der Waals surface area (Å²) >= 11 is 4.38. The van der Waals surface area contributed by atoms with E-state index in [2.05, 4.69) is 17.6 Å². The molecule has 0 aliphatic heterocycles. The molecule has 1 rings (SSSR count). The molecule has 0 amide bonds. The van der Waals surface area contributed by atoms with Crippen molar-refractivity contribution >= 4 is 17.7 Å². The highest BCUT2D eigenvalue weighted by Crippen LogP contribution is 1.96. The van der Waals surface area contributed by atoms with E-state index in [1.165, 1.54) is 0 Å². The quantitative estimate of drug-likeness (QED) is 0.640. The molecule has 3 heteroatoms. The largest absolute Gasteiger partial charge is 0.282 e. The molecule has 10 heavy (non-hydrogen) atoms. The second kappa shape index (κ2) is 3.27. The van der Waals surface area contributed by atoms with Gasteiger partial charge in [0.2, 0.25) is 5.12 Å². The fourth-order valence-electron chi connectivity index (χ4n) is 0.651. The van der Waals surface area contributed by atoms with Gasteiger partial charge in [0.05, 0.1) is 6.42 Å². The van der Waals surface area contributed by atoms with E-state index in [1.54, 1.807) is 18.3 Å². The Kier molecular flexibility index (Phi) is 2.34. The number of pyridine rings is 1. The molecule has 0 unspecified atom stereocenters. The molecule has 0 saturated carbocycles. The van der Waals surface area contributed by atoms with Crippen LogP contribution in [-0.2, 0) is 11.2 Å². The molecule has 0 aliphatic carbocycles. The lowest BCUT2D eigenvalue weighted by atomic mass is 10.3. The Morgan fingerprint density at radius 3 is 2.90 bits per heavy atom. The van der Waals surface area contributed by atoms with E-state index in [0.29, 0.717) is 0 Å². The molecular weight excluding hydrogens is 146 g/mol. The second-order valence-corrected chi connectivity index (χ2v) is 2.33. The van der Waals surface area contributed by atoms with Gasteiger partial charge in [-0.2, -0.15) is 0 Å². The summed E-state index contributed by atoms with van der Waals surface area (Å²) in [4.78, 5) is 14.3. The summed E-state index contributed by atoms with van der Waals surface area (Å²) in [7, 11) is 0. The molecule has 0 atom stereocenters. The Morgan fingerprint density at radius 1 is 1.60 bits per heavy atom. The predicted octanol–water partition coefficient (Wildman–Crippen LogP) is 1.35. The van der Waals surface area contributed by atoms with Crippen LogP contribution in [0, 0.1) is 0 Å². The summed E-state index contributed by atoms with van der Waals surface area (Å²) < 4.78 is 0. The Morgan fingerprint density at radius 2 is 2.40 bits per heavy atom.